The number of nitrogens with one attached hydrogen (secondary N) is 1. The van der Waals surface area contributed by atoms with Crippen molar-refractivity contribution in [3.63, 3.8) is 0 Å². The van der Waals surface area contributed by atoms with Crippen LogP contribution in [-0.2, 0) is 6.54 Å². The Morgan fingerprint density at radius 2 is 2.21 bits per heavy atom. The first-order valence-corrected chi connectivity index (χ1v) is 5.80. The van der Waals surface area contributed by atoms with E-state index < -0.39 is 0 Å². The van der Waals surface area contributed by atoms with Gasteiger partial charge in [0.1, 0.15) is 5.76 Å². The largest absolute Gasteiger partial charge is 0.454 e. The molecule has 0 spiro atoms. The molecule has 1 atom stereocenters. The van der Waals surface area contributed by atoms with E-state index in [4.69, 9.17) is 4.42 Å². The highest BCUT2D eigenvalue weighted by atomic mass is 127. The molecule has 2 N–H and O–H groups in total. The smallest absolute Gasteiger partial charge is 0.164 e. The quantitative estimate of drug-likeness (QED) is 0.818. The van der Waals surface area contributed by atoms with Gasteiger partial charge in [-0.1, -0.05) is 13.8 Å². The summed E-state index contributed by atoms with van der Waals surface area (Å²) < 4.78 is 6.26. The molecule has 1 aromatic rings. The second kappa shape index (κ2) is 5.72. The zero-order valence-electron chi connectivity index (χ0n) is 8.46. The maximum atomic E-state index is 9.52. The Morgan fingerprint density at radius 1 is 1.50 bits per heavy atom. The van der Waals surface area contributed by atoms with Crippen LogP contribution in [0, 0.1) is 9.68 Å². The van der Waals surface area contributed by atoms with E-state index >= 15 is 0 Å². The highest BCUT2D eigenvalue weighted by molar-refractivity contribution is 14.1. The SMILES string of the molecule is CC(C)C(O)CNCc1ccc(I)o1. The van der Waals surface area contributed by atoms with E-state index in [1.54, 1.807) is 0 Å². The zero-order valence-corrected chi connectivity index (χ0v) is 10.6. The predicted octanol–water partition coefficient (Wildman–Crippen LogP) is 1.99. The lowest BCUT2D eigenvalue weighted by Gasteiger charge is -2.14. The summed E-state index contributed by atoms with van der Waals surface area (Å²) in [5, 5.41) is 12.7. The molecule has 0 saturated heterocycles. The van der Waals surface area contributed by atoms with Gasteiger partial charge in [0.05, 0.1) is 12.6 Å². The Kier molecular flexibility index (Phi) is 4.91. The van der Waals surface area contributed by atoms with Crippen LogP contribution >= 0.6 is 22.6 Å². The van der Waals surface area contributed by atoms with Crippen LogP contribution in [0.25, 0.3) is 0 Å². The van der Waals surface area contributed by atoms with Gasteiger partial charge in [-0.25, -0.2) is 0 Å². The van der Waals surface area contributed by atoms with Gasteiger partial charge in [-0.3, -0.25) is 0 Å². The van der Waals surface area contributed by atoms with Crippen LogP contribution in [0.4, 0.5) is 0 Å². The molecule has 0 aromatic carbocycles. The van der Waals surface area contributed by atoms with Gasteiger partial charge in [-0.2, -0.15) is 0 Å². The Hall–Kier alpha value is -0.0700. The minimum absolute atomic E-state index is 0.288. The van der Waals surface area contributed by atoms with Gasteiger partial charge in [0, 0.05) is 6.54 Å². The molecule has 80 valence electrons. The van der Waals surface area contributed by atoms with Crippen molar-refractivity contribution in [1.29, 1.82) is 0 Å². The number of hydrogen-bond acceptors (Lipinski definition) is 3. The van der Waals surface area contributed by atoms with Gasteiger partial charge in [0.2, 0.25) is 0 Å². The van der Waals surface area contributed by atoms with Gasteiger partial charge in [-0.15, -0.1) is 0 Å². The molecular weight excluding hydrogens is 293 g/mol. The Labute approximate surface area is 98.0 Å². The highest BCUT2D eigenvalue weighted by Crippen LogP contribution is 2.09. The van der Waals surface area contributed by atoms with Crippen LogP contribution in [0.15, 0.2) is 16.5 Å². The molecule has 1 aromatic heterocycles. The second-order valence-electron chi connectivity index (χ2n) is 3.65. The Bertz CT molecular complexity index is 273. The van der Waals surface area contributed by atoms with Gasteiger partial charge < -0.3 is 14.8 Å². The third-order valence-electron chi connectivity index (χ3n) is 2.05. The Balaban J connectivity index is 2.22. The number of rotatable bonds is 5. The van der Waals surface area contributed by atoms with E-state index in [1.165, 1.54) is 0 Å². The fraction of sp³-hybridized carbons (Fsp3) is 0.600. The minimum Gasteiger partial charge on any atom is -0.454 e. The molecule has 0 aliphatic heterocycles. The van der Waals surface area contributed by atoms with Crippen molar-refractivity contribution in [2.75, 3.05) is 6.54 Å². The van der Waals surface area contributed by atoms with Crippen LogP contribution in [0.5, 0.6) is 0 Å². The lowest BCUT2D eigenvalue weighted by molar-refractivity contribution is 0.122. The fourth-order valence-electron chi connectivity index (χ4n) is 1.03. The van der Waals surface area contributed by atoms with Gasteiger partial charge in [-0.05, 0) is 40.6 Å². The molecule has 1 rings (SSSR count). The van der Waals surface area contributed by atoms with Crippen LogP contribution in [0.3, 0.4) is 0 Å². The van der Waals surface area contributed by atoms with Crippen LogP contribution in [0.2, 0.25) is 0 Å². The lowest BCUT2D eigenvalue weighted by Crippen LogP contribution is -2.30. The summed E-state index contributed by atoms with van der Waals surface area (Å²) in [6, 6.07) is 3.87. The summed E-state index contributed by atoms with van der Waals surface area (Å²) in [4.78, 5) is 0. The fourth-order valence-corrected chi connectivity index (χ4v) is 1.49. The van der Waals surface area contributed by atoms with E-state index in [0.717, 1.165) is 9.53 Å². The summed E-state index contributed by atoms with van der Waals surface area (Å²) in [5.41, 5.74) is 0. The maximum Gasteiger partial charge on any atom is 0.164 e. The highest BCUT2D eigenvalue weighted by Gasteiger charge is 2.08. The van der Waals surface area contributed by atoms with E-state index in [2.05, 4.69) is 27.9 Å². The van der Waals surface area contributed by atoms with E-state index in [9.17, 15) is 5.11 Å². The molecule has 0 radical (unpaired) electrons. The summed E-state index contributed by atoms with van der Waals surface area (Å²) >= 11 is 2.13. The van der Waals surface area contributed by atoms with E-state index in [-0.39, 0.29) is 6.10 Å². The summed E-state index contributed by atoms with van der Waals surface area (Å²) in [7, 11) is 0. The van der Waals surface area contributed by atoms with Crippen molar-refractivity contribution in [3.8, 4) is 0 Å². The summed E-state index contributed by atoms with van der Waals surface area (Å²) in [6.45, 7) is 5.28. The first-order chi connectivity index (χ1) is 6.59. The molecule has 4 heteroatoms. The monoisotopic (exact) mass is 309 g/mol. The molecular formula is C10H16INO2. The second-order valence-corrected chi connectivity index (χ2v) is 4.71. The molecule has 0 aliphatic carbocycles. The molecule has 0 aliphatic rings. The number of furan rings is 1. The van der Waals surface area contributed by atoms with Gasteiger partial charge in [0.25, 0.3) is 0 Å². The normalized spacial score (nSPS) is 13.5. The topological polar surface area (TPSA) is 45.4 Å². The number of halogens is 1. The maximum absolute atomic E-state index is 9.52. The third kappa shape index (κ3) is 3.98. The van der Waals surface area contributed by atoms with Crippen molar-refractivity contribution in [3.05, 3.63) is 21.7 Å². The molecule has 1 unspecified atom stereocenters. The number of aliphatic hydroxyl groups excluding tert-OH is 1. The summed E-state index contributed by atoms with van der Waals surface area (Å²) in [6.07, 6.45) is -0.288. The van der Waals surface area contributed by atoms with Crippen LogP contribution in [0.1, 0.15) is 19.6 Å². The molecule has 0 fully saturated rings. The van der Waals surface area contributed by atoms with Crippen molar-refractivity contribution in [1.82, 2.24) is 5.32 Å². The van der Waals surface area contributed by atoms with Gasteiger partial charge >= 0.3 is 0 Å². The summed E-state index contributed by atoms with van der Waals surface area (Å²) in [5.74, 6) is 1.20. The first-order valence-electron chi connectivity index (χ1n) is 4.72. The molecule has 1 heterocycles. The zero-order chi connectivity index (χ0) is 10.6. The number of hydrogen-bond donors (Lipinski definition) is 2. The third-order valence-corrected chi connectivity index (χ3v) is 2.63. The average Bonchev–Trinajstić information content (AvgIpc) is 2.51. The van der Waals surface area contributed by atoms with Crippen molar-refractivity contribution < 1.29 is 9.52 Å². The van der Waals surface area contributed by atoms with Crippen LogP contribution < -0.4 is 5.32 Å². The molecule has 0 bridgehead atoms. The average molecular weight is 309 g/mol. The lowest BCUT2D eigenvalue weighted by atomic mass is 10.1. The molecule has 14 heavy (non-hydrogen) atoms. The Morgan fingerprint density at radius 3 is 2.71 bits per heavy atom. The van der Waals surface area contributed by atoms with E-state index in [0.29, 0.717) is 19.0 Å². The molecule has 0 saturated carbocycles. The van der Waals surface area contributed by atoms with Crippen LogP contribution in [-0.4, -0.2) is 17.8 Å². The van der Waals surface area contributed by atoms with Crippen molar-refractivity contribution in [2.24, 2.45) is 5.92 Å². The predicted molar refractivity (Wildman–Crippen MR) is 64.0 cm³/mol. The van der Waals surface area contributed by atoms with Gasteiger partial charge in [0.15, 0.2) is 3.77 Å². The standard InChI is InChI=1S/C10H16INO2/c1-7(2)9(13)6-12-5-8-3-4-10(11)14-8/h3-4,7,9,12-13H,5-6H2,1-2H3. The number of aliphatic hydroxyl groups is 1. The van der Waals surface area contributed by atoms with Crippen molar-refractivity contribution >= 4 is 22.6 Å². The van der Waals surface area contributed by atoms with Crippen molar-refractivity contribution in [2.45, 2.75) is 26.5 Å². The first kappa shape index (κ1) is 12.0. The molecule has 3 nitrogen and oxygen atoms in total. The van der Waals surface area contributed by atoms with E-state index in [1.807, 2.05) is 26.0 Å². The molecule has 0 amide bonds. The minimum atomic E-state index is -0.288.